The van der Waals surface area contributed by atoms with Gasteiger partial charge in [0.2, 0.25) is 0 Å². The van der Waals surface area contributed by atoms with E-state index in [9.17, 15) is 10.1 Å². The zero-order valence-corrected chi connectivity index (χ0v) is 17.0. The van der Waals surface area contributed by atoms with Gasteiger partial charge in [-0.3, -0.25) is 0 Å². The lowest BCUT2D eigenvalue weighted by atomic mass is 10.0. The molecule has 2 aromatic carbocycles. The smallest absolute Gasteiger partial charge is 0.349 e. The number of ether oxygens (including phenoxy) is 1. The maximum Gasteiger partial charge on any atom is 0.349 e. The van der Waals surface area contributed by atoms with E-state index in [2.05, 4.69) is 5.10 Å². The summed E-state index contributed by atoms with van der Waals surface area (Å²) >= 11 is 0. The van der Waals surface area contributed by atoms with Crippen LogP contribution in [0.5, 0.6) is 0 Å². The van der Waals surface area contributed by atoms with Crippen molar-refractivity contribution in [3.63, 3.8) is 0 Å². The second-order valence-electron chi connectivity index (χ2n) is 7.05. The molecule has 0 unspecified atom stereocenters. The number of benzene rings is 2. The van der Waals surface area contributed by atoms with Crippen molar-refractivity contribution >= 4 is 22.7 Å². The molecule has 0 bridgehead atoms. The van der Waals surface area contributed by atoms with Crippen LogP contribution in [0.15, 0.2) is 60.2 Å². The summed E-state index contributed by atoms with van der Waals surface area (Å²) < 4.78 is 6.89. The number of nitrogens with zero attached hydrogens (tertiary/aromatic N) is 5. The van der Waals surface area contributed by atoms with Gasteiger partial charge in [-0.25, -0.2) is 19.4 Å². The molecule has 0 atom stereocenters. The maximum atomic E-state index is 12.5. The van der Waals surface area contributed by atoms with E-state index in [0.717, 1.165) is 16.8 Å². The van der Waals surface area contributed by atoms with Gasteiger partial charge in [0.1, 0.15) is 17.2 Å². The summed E-state index contributed by atoms with van der Waals surface area (Å²) in [5.41, 5.74) is 5.87. The summed E-state index contributed by atoms with van der Waals surface area (Å²) in [5.74, 6) is -0.666. The Morgan fingerprint density at radius 2 is 1.74 bits per heavy atom. The third-order valence-corrected chi connectivity index (χ3v) is 5.20. The highest BCUT2D eigenvalue weighted by Crippen LogP contribution is 2.44. The van der Waals surface area contributed by atoms with Crippen molar-refractivity contribution in [1.29, 1.82) is 5.26 Å². The topological polar surface area (TPSA) is 93.7 Å². The molecular weight excluding hydrogens is 390 g/mol. The van der Waals surface area contributed by atoms with Gasteiger partial charge in [0.25, 0.3) is 0 Å². The van der Waals surface area contributed by atoms with Crippen LogP contribution in [0.25, 0.3) is 33.7 Å². The Kier molecular flexibility index (Phi) is 4.33. The summed E-state index contributed by atoms with van der Waals surface area (Å²) in [6.07, 6.45) is 0. The quantitative estimate of drug-likeness (QED) is 0.255. The minimum atomic E-state index is -0.666. The number of carbonyl (C=O) groups is 1. The van der Waals surface area contributed by atoms with Gasteiger partial charge in [0, 0.05) is 11.1 Å². The molecule has 0 amide bonds. The molecule has 150 valence electrons. The molecule has 0 fully saturated rings. The maximum absolute atomic E-state index is 12.5. The number of hydrogen-bond acceptors (Lipinski definition) is 6. The van der Waals surface area contributed by atoms with Crippen LogP contribution in [-0.2, 0) is 9.53 Å². The number of nitriles is 1. The molecule has 2 heterocycles. The zero-order valence-electron chi connectivity index (χ0n) is 17.0. The summed E-state index contributed by atoms with van der Waals surface area (Å²) in [7, 11) is 0. The standard InChI is InChI=1S/C24H17N5O2/c1-3-31-24(30)18(13-25)19-16-11-7-8-12-17(16)21-22(19)26-20-14(2)28-29(23(20)27-21)15-9-5-4-6-10-15/h4-12H,3H2,1-2H3/b19-18+. The number of aromatic nitrogens is 4. The number of aryl methyl sites for hydroxylation is 1. The molecule has 7 heteroatoms. The van der Waals surface area contributed by atoms with Crippen LogP contribution >= 0.6 is 0 Å². The molecule has 0 spiro atoms. The SMILES string of the molecule is CCOC(=O)/C(C#N)=C1\c2ccccc2-c2nc3c(nc21)c(C)nn3-c1ccccc1. The van der Waals surface area contributed by atoms with Gasteiger partial charge >= 0.3 is 5.97 Å². The van der Waals surface area contributed by atoms with Crippen molar-refractivity contribution in [3.05, 3.63) is 77.1 Å². The minimum absolute atomic E-state index is 0.0743. The molecule has 31 heavy (non-hydrogen) atoms. The number of carbonyl (C=O) groups excluding carboxylic acids is 1. The van der Waals surface area contributed by atoms with Gasteiger partial charge < -0.3 is 4.74 Å². The highest BCUT2D eigenvalue weighted by Gasteiger charge is 2.33. The first-order valence-corrected chi connectivity index (χ1v) is 9.88. The van der Waals surface area contributed by atoms with Gasteiger partial charge in [-0.1, -0.05) is 42.5 Å². The van der Waals surface area contributed by atoms with E-state index < -0.39 is 5.97 Å². The lowest BCUT2D eigenvalue weighted by molar-refractivity contribution is -0.137. The van der Waals surface area contributed by atoms with E-state index in [1.54, 1.807) is 11.6 Å². The normalized spacial score (nSPS) is 13.5. The second kappa shape index (κ2) is 7.18. The lowest BCUT2D eigenvalue weighted by Gasteiger charge is -2.06. The van der Waals surface area contributed by atoms with E-state index in [-0.39, 0.29) is 12.2 Å². The van der Waals surface area contributed by atoms with Crippen LogP contribution in [0.4, 0.5) is 0 Å². The van der Waals surface area contributed by atoms with Crippen molar-refractivity contribution in [2.75, 3.05) is 6.61 Å². The number of fused-ring (bicyclic) bond motifs is 4. The molecule has 5 rings (SSSR count). The average molecular weight is 407 g/mol. The van der Waals surface area contributed by atoms with Crippen LogP contribution in [0.2, 0.25) is 0 Å². The third kappa shape index (κ3) is 2.81. The molecule has 4 aromatic rings. The van der Waals surface area contributed by atoms with Crippen molar-refractivity contribution in [3.8, 4) is 23.0 Å². The Bertz CT molecular complexity index is 1430. The Morgan fingerprint density at radius 3 is 2.45 bits per heavy atom. The largest absolute Gasteiger partial charge is 0.462 e. The average Bonchev–Trinajstić information content (AvgIpc) is 3.29. The van der Waals surface area contributed by atoms with Gasteiger partial charge in [-0.05, 0) is 31.5 Å². The van der Waals surface area contributed by atoms with Crippen LogP contribution in [0, 0.1) is 18.3 Å². The van der Waals surface area contributed by atoms with Crippen LogP contribution in [0.1, 0.15) is 23.9 Å². The Labute approximate surface area is 178 Å². The monoisotopic (exact) mass is 407 g/mol. The van der Waals surface area contributed by atoms with Gasteiger partial charge in [-0.15, -0.1) is 0 Å². The Balaban J connectivity index is 1.84. The van der Waals surface area contributed by atoms with Crippen LogP contribution < -0.4 is 0 Å². The fourth-order valence-electron chi connectivity index (χ4n) is 3.87. The van der Waals surface area contributed by atoms with Gasteiger partial charge in [0.05, 0.1) is 29.4 Å². The summed E-state index contributed by atoms with van der Waals surface area (Å²) in [6, 6.07) is 19.3. The summed E-state index contributed by atoms with van der Waals surface area (Å²) in [5, 5.41) is 14.4. The van der Waals surface area contributed by atoms with E-state index >= 15 is 0 Å². The first-order chi connectivity index (χ1) is 15.1. The van der Waals surface area contributed by atoms with E-state index in [1.807, 2.05) is 67.6 Å². The fraction of sp³-hybridized carbons (Fsp3) is 0.125. The number of rotatable bonds is 3. The molecular formula is C24H17N5O2. The first-order valence-electron chi connectivity index (χ1n) is 9.88. The Morgan fingerprint density at radius 1 is 1.03 bits per heavy atom. The third-order valence-electron chi connectivity index (χ3n) is 5.20. The van der Waals surface area contributed by atoms with Crippen molar-refractivity contribution in [1.82, 2.24) is 19.7 Å². The molecule has 7 nitrogen and oxygen atoms in total. The minimum Gasteiger partial charge on any atom is -0.462 e. The second-order valence-corrected chi connectivity index (χ2v) is 7.05. The van der Waals surface area contributed by atoms with Crippen LogP contribution in [0.3, 0.4) is 0 Å². The van der Waals surface area contributed by atoms with Crippen molar-refractivity contribution in [2.24, 2.45) is 0 Å². The highest BCUT2D eigenvalue weighted by atomic mass is 16.5. The fourth-order valence-corrected chi connectivity index (χ4v) is 3.87. The van der Waals surface area contributed by atoms with Gasteiger partial charge in [0.15, 0.2) is 5.65 Å². The van der Waals surface area contributed by atoms with E-state index in [0.29, 0.717) is 33.8 Å². The van der Waals surface area contributed by atoms with Gasteiger partial charge in [-0.2, -0.15) is 10.4 Å². The number of esters is 1. The lowest BCUT2D eigenvalue weighted by Crippen LogP contribution is -2.09. The molecule has 0 radical (unpaired) electrons. The molecule has 0 saturated heterocycles. The Hall–Kier alpha value is -4.31. The summed E-state index contributed by atoms with van der Waals surface area (Å²) in [6.45, 7) is 3.75. The van der Waals surface area contributed by atoms with E-state index in [1.165, 1.54) is 0 Å². The van der Waals surface area contributed by atoms with E-state index in [4.69, 9.17) is 14.7 Å². The zero-order chi connectivity index (χ0) is 21.5. The molecule has 2 aromatic heterocycles. The molecule has 0 aliphatic heterocycles. The molecule has 1 aliphatic rings. The van der Waals surface area contributed by atoms with Crippen molar-refractivity contribution < 1.29 is 9.53 Å². The number of hydrogen-bond donors (Lipinski definition) is 0. The predicted molar refractivity (Wildman–Crippen MR) is 115 cm³/mol. The molecule has 1 aliphatic carbocycles. The highest BCUT2D eigenvalue weighted by molar-refractivity contribution is 6.11. The molecule has 0 N–H and O–H groups in total. The van der Waals surface area contributed by atoms with Crippen LogP contribution in [-0.4, -0.2) is 32.3 Å². The predicted octanol–water partition coefficient (Wildman–Crippen LogP) is 3.99. The van der Waals surface area contributed by atoms with Crippen molar-refractivity contribution in [2.45, 2.75) is 13.8 Å². The molecule has 0 saturated carbocycles. The number of para-hydroxylation sites is 1. The first kappa shape index (κ1) is 18.7. The summed E-state index contributed by atoms with van der Waals surface area (Å²) in [4.78, 5) is 22.3.